The molecule has 18 heavy (non-hydrogen) atoms. The zero-order valence-electron chi connectivity index (χ0n) is 10.8. The molecule has 4 heteroatoms. The third-order valence-corrected chi connectivity index (χ3v) is 3.00. The molecule has 1 unspecified atom stereocenters. The number of nitrogens with two attached hydrogens (primary N) is 1. The summed E-state index contributed by atoms with van der Waals surface area (Å²) in [5.74, 6) is 0.454. The summed E-state index contributed by atoms with van der Waals surface area (Å²) >= 11 is 0. The van der Waals surface area contributed by atoms with Crippen LogP contribution in [0.5, 0.6) is 0 Å². The molecule has 4 N–H and O–H groups in total. The highest BCUT2D eigenvalue weighted by Crippen LogP contribution is 2.21. The van der Waals surface area contributed by atoms with E-state index in [0.717, 1.165) is 31.5 Å². The summed E-state index contributed by atoms with van der Waals surface area (Å²) in [5.41, 5.74) is 7.88. The Morgan fingerprint density at radius 3 is 2.78 bits per heavy atom. The number of anilines is 2. The monoisotopic (exact) mass is 247 g/mol. The number of nitrogen functional groups attached to an aromatic ring is 1. The summed E-state index contributed by atoms with van der Waals surface area (Å²) in [6.07, 6.45) is 3.00. The van der Waals surface area contributed by atoms with Crippen molar-refractivity contribution in [3.8, 4) is 6.07 Å². The van der Waals surface area contributed by atoms with Crippen molar-refractivity contribution in [2.75, 3.05) is 24.2 Å². The number of aliphatic hydroxyl groups is 1. The normalized spacial score (nSPS) is 11.8. The van der Waals surface area contributed by atoms with Gasteiger partial charge in [-0.1, -0.05) is 13.3 Å². The van der Waals surface area contributed by atoms with E-state index < -0.39 is 0 Å². The minimum absolute atomic E-state index is 0.217. The lowest BCUT2D eigenvalue weighted by Crippen LogP contribution is -2.16. The predicted molar refractivity (Wildman–Crippen MR) is 74.2 cm³/mol. The molecule has 4 nitrogen and oxygen atoms in total. The van der Waals surface area contributed by atoms with Crippen molar-refractivity contribution in [2.24, 2.45) is 5.92 Å². The number of hydrogen-bond acceptors (Lipinski definition) is 4. The van der Waals surface area contributed by atoms with Crippen LogP contribution in [0.1, 0.15) is 31.7 Å². The van der Waals surface area contributed by atoms with Crippen LogP contribution < -0.4 is 11.1 Å². The molecule has 0 radical (unpaired) electrons. The fourth-order valence-electron chi connectivity index (χ4n) is 1.99. The van der Waals surface area contributed by atoms with Gasteiger partial charge in [-0.25, -0.2) is 0 Å². The molecule has 0 spiro atoms. The Morgan fingerprint density at radius 1 is 1.44 bits per heavy atom. The number of aliphatic hydroxyl groups excluding tert-OH is 1. The fraction of sp³-hybridized carbons (Fsp3) is 0.500. The topological polar surface area (TPSA) is 82.1 Å². The standard InChI is InChI=1S/C14H21N3O/c1-2-3-11(6-7-18)10-17-14-5-4-12(9-15)8-13(14)16/h4-5,8,11,17-18H,2-3,6-7,10,16H2,1H3. The van der Waals surface area contributed by atoms with Crippen LogP contribution in [0.25, 0.3) is 0 Å². The van der Waals surface area contributed by atoms with Gasteiger partial charge in [0.2, 0.25) is 0 Å². The van der Waals surface area contributed by atoms with Crippen molar-refractivity contribution in [1.29, 1.82) is 5.26 Å². The second-order valence-electron chi connectivity index (χ2n) is 4.46. The van der Waals surface area contributed by atoms with Gasteiger partial charge >= 0.3 is 0 Å². The number of benzene rings is 1. The van der Waals surface area contributed by atoms with Gasteiger partial charge in [-0.3, -0.25) is 0 Å². The van der Waals surface area contributed by atoms with Crippen molar-refractivity contribution >= 4 is 11.4 Å². The first kappa shape index (κ1) is 14.3. The van der Waals surface area contributed by atoms with Crippen LogP contribution in [0.2, 0.25) is 0 Å². The Hall–Kier alpha value is -1.73. The molecule has 1 aromatic carbocycles. The molecule has 0 fully saturated rings. The summed E-state index contributed by atoms with van der Waals surface area (Å²) in [6, 6.07) is 7.31. The molecule has 0 heterocycles. The van der Waals surface area contributed by atoms with Gasteiger partial charge in [-0.05, 0) is 37.0 Å². The summed E-state index contributed by atoms with van der Waals surface area (Å²) < 4.78 is 0. The van der Waals surface area contributed by atoms with Crippen molar-refractivity contribution in [3.63, 3.8) is 0 Å². The second-order valence-corrected chi connectivity index (χ2v) is 4.46. The molecule has 1 rings (SSSR count). The molecular formula is C14H21N3O. The van der Waals surface area contributed by atoms with Crippen LogP contribution in [0, 0.1) is 17.2 Å². The van der Waals surface area contributed by atoms with E-state index in [1.54, 1.807) is 12.1 Å². The highest BCUT2D eigenvalue weighted by molar-refractivity contribution is 5.68. The lowest BCUT2D eigenvalue weighted by molar-refractivity contribution is 0.255. The summed E-state index contributed by atoms with van der Waals surface area (Å²) in [5, 5.41) is 21.0. The number of rotatable bonds is 7. The van der Waals surface area contributed by atoms with E-state index in [4.69, 9.17) is 16.1 Å². The van der Waals surface area contributed by atoms with E-state index in [1.807, 2.05) is 6.07 Å². The summed E-state index contributed by atoms with van der Waals surface area (Å²) in [7, 11) is 0. The van der Waals surface area contributed by atoms with Gasteiger partial charge in [-0.2, -0.15) is 5.26 Å². The number of nitrogens with one attached hydrogen (secondary N) is 1. The first-order valence-corrected chi connectivity index (χ1v) is 6.35. The Bertz CT molecular complexity index is 406. The van der Waals surface area contributed by atoms with Gasteiger partial charge in [0.05, 0.1) is 23.0 Å². The minimum atomic E-state index is 0.217. The molecule has 98 valence electrons. The molecular weight excluding hydrogens is 226 g/mol. The largest absolute Gasteiger partial charge is 0.397 e. The van der Waals surface area contributed by atoms with Crippen molar-refractivity contribution in [2.45, 2.75) is 26.2 Å². The lowest BCUT2D eigenvalue weighted by atomic mass is 10.00. The smallest absolute Gasteiger partial charge is 0.0992 e. The molecule has 1 aromatic rings. The van der Waals surface area contributed by atoms with Crippen LogP contribution >= 0.6 is 0 Å². The van der Waals surface area contributed by atoms with Gasteiger partial charge in [0.15, 0.2) is 0 Å². The van der Waals surface area contributed by atoms with E-state index >= 15 is 0 Å². The van der Waals surface area contributed by atoms with E-state index in [0.29, 0.717) is 17.2 Å². The predicted octanol–water partition coefficient (Wildman–Crippen LogP) is 2.35. The van der Waals surface area contributed by atoms with Gasteiger partial charge in [0, 0.05) is 13.2 Å². The maximum absolute atomic E-state index is 8.99. The molecule has 0 aromatic heterocycles. The third-order valence-electron chi connectivity index (χ3n) is 3.00. The van der Waals surface area contributed by atoms with E-state index in [1.165, 1.54) is 0 Å². The Morgan fingerprint density at radius 2 is 2.22 bits per heavy atom. The maximum atomic E-state index is 8.99. The van der Waals surface area contributed by atoms with Gasteiger partial charge in [0.25, 0.3) is 0 Å². The zero-order valence-corrected chi connectivity index (χ0v) is 10.8. The Kier molecular flexibility index (Phi) is 6.03. The fourth-order valence-corrected chi connectivity index (χ4v) is 1.99. The van der Waals surface area contributed by atoms with Crippen LogP contribution in [0.4, 0.5) is 11.4 Å². The van der Waals surface area contributed by atoms with E-state index in [2.05, 4.69) is 18.3 Å². The highest BCUT2D eigenvalue weighted by atomic mass is 16.3. The summed E-state index contributed by atoms with van der Waals surface area (Å²) in [6.45, 7) is 3.15. The Balaban J connectivity index is 2.59. The van der Waals surface area contributed by atoms with Gasteiger partial charge in [-0.15, -0.1) is 0 Å². The van der Waals surface area contributed by atoms with Crippen molar-refractivity contribution < 1.29 is 5.11 Å². The Labute approximate surface area is 108 Å². The van der Waals surface area contributed by atoms with Crippen molar-refractivity contribution in [1.82, 2.24) is 0 Å². The first-order valence-electron chi connectivity index (χ1n) is 6.35. The molecule has 0 aliphatic carbocycles. The second kappa shape index (κ2) is 7.57. The minimum Gasteiger partial charge on any atom is -0.397 e. The van der Waals surface area contributed by atoms with Crippen LogP contribution in [0.15, 0.2) is 18.2 Å². The maximum Gasteiger partial charge on any atom is 0.0992 e. The highest BCUT2D eigenvalue weighted by Gasteiger charge is 2.08. The molecule has 1 atom stereocenters. The van der Waals surface area contributed by atoms with Crippen molar-refractivity contribution in [3.05, 3.63) is 23.8 Å². The SMILES string of the molecule is CCCC(CCO)CNc1ccc(C#N)cc1N. The number of nitriles is 1. The quantitative estimate of drug-likeness (QED) is 0.646. The average molecular weight is 247 g/mol. The molecule has 0 aliphatic rings. The molecule has 0 aliphatic heterocycles. The summed E-state index contributed by atoms with van der Waals surface area (Å²) in [4.78, 5) is 0. The number of hydrogen-bond donors (Lipinski definition) is 3. The van der Waals surface area contributed by atoms with E-state index in [-0.39, 0.29) is 6.61 Å². The zero-order chi connectivity index (χ0) is 13.4. The molecule has 0 saturated carbocycles. The first-order chi connectivity index (χ1) is 8.71. The molecule has 0 bridgehead atoms. The third kappa shape index (κ3) is 4.27. The van der Waals surface area contributed by atoms with Gasteiger partial charge < -0.3 is 16.2 Å². The van der Waals surface area contributed by atoms with Crippen LogP contribution in [-0.2, 0) is 0 Å². The molecule has 0 amide bonds. The van der Waals surface area contributed by atoms with Gasteiger partial charge in [0.1, 0.15) is 0 Å². The number of nitrogens with zero attached hydrogens (tertiary/aromatic N) is 1. The van der Waals surface area contributed by atoms with E-state index in [9.17, 15) is 0 Å². The van der Waals surface area contributed by atoms with Crippen LogP contribution in [0.3, 0.4) is 0 Å². The average Bonchev–Trinajstić information content (AvgIpc) is 2.37. The molecule has 0 saturated heterocycles. The lowest BCUT2D eigenvalue weighted by Gasteiger charge is -2.17. The van der Waals surface area contributed by atoms with Crippen LogP contribution in [-0.4, -0.2) is 18.3 Å².